The number of anilines is 1. The Kier molecular flexibility index (Phi) is 4.80. The highest BCUT2D eigenvalue weighted by Gasteiger charge is 2.17. The van der Waals surface area contributed by atoms with E-state index in [1.807, 2.05) is 13.0 Å². The standard InChI is InChI=1S/C10H13ClN2O2S2/c1-7-8(2)16-10(9(7)6-12)13-17(14,15)5-3-4-11/h13H,3-5H2,1-2H3. The first-order chi connectivity index (χ1) is 7.91. The molecule has 0 amide bonds. The Morgan fingerprint density at radius 1 is 1.47 bits per heavy atom. The second-order valence-electron chi connectivity index (χ2n) is 3.56. The molecule has 0 fully saturated rings. The molecule has 1 rings (SSSR count). The molecule has 0 aliphatic heterocycles. The van der Waals surface area contributed by atoms with Crippen LogP contribution in [0.15, 0.2) is 0 Å². The molecule has 0 radical (unpaired) electrons. The number of thiophene rings is 1. The van der Waals surface area contributed by atoms with Gasteiger partial charge in [0.15, 0.2) is 0 Å². The predicted molar refractivity (Wildman–Crippen MR) is 71.3 cm³/mol. The van der Waals surface area contributed by atoms with E-state index in [-0.39, 0.29) is 5.75 Å². The summed E-state index contributed by atoms with van der Waals surface area (Å²) in [5.41, 5.74) is 1.23. The molecule has 1 heterocycles. The minimum atomic E-state index is -3.41. The third-order valence-electron chi connectivity index (χ3n) is 2.29. The Hall–Kier alpha value is -0.770. The van der Waals surface area contributed by atoms with Crippen LogP contribution in [0.1, 0.15) is 22.4 Å². The van der Waals surface area contributed by atoms with Crippen molar-refractivity contribution >= 4 is 38.0 Å². The molecule has 0 unspecified atom stereocenters. The molecule has 1 N–H and O–H groups in total. The predicted octanol–water partition coefficient (Wildman–Crippen LogP) is 2.61. The lowest BCUT2D eigenvalue weighted by atomic mass is 10.2. The van der Waals surface area contributed by atoms with Gasteiger partial charge in [-0.15, -0.1) is 22.9 Å². The number of nitriles is 1. The molecular formula is C10H13ClN2O2S2. The molecule has 17 heavy (non-hydrogen) atoms. The minimum absolute atomic E-state index is 0.0304. The Morgan fingerprint density at radius 3 is 2.65 bits per heavy atom. The van der Waals surface area contributed by atoms with Crippen LogP contribution in [0.2, 0.25) is 0 Å². The smallest absolute Gasteiger partial charge is 0.233 e. The Bertz CT molecular complexity index is 543. The zero-order chi connectivity index (χ0) is 13.1. The number of hydrogen-bond acceptors (Lipinski definition) is 4. The van der Waals surface area contributed by atoms with Crippen molar-refractivity contribution in [3.05, 3.63) is 16.0 Å². The van der Waals surface area contributed by atoms with Gasteiger partial charge in [0.05, 0.1) is 11.3 Å². The van der Waals surface area contributed by atoms with Gasteiger partial charge in [0.1, 0.15) is 11.1 Å². The zero-order valence-corrected chi connectivity index (χ0v) is 12.0. The minimum Gasteiger partial charge on any atom is -0.273 e. The van der Waals surface area contributed by atoms with Gasteiger partial charge < -0.3 is 0 Å². The van der Waals surface area contributed by atoms with E-state index in [9.17, 15) is 8.42 Å². The molecular weight excluding hydrogens is 280 g/mol. The highest BCUT2D eigenvalue weighted by Crippen LogP contribution is 2.32. The fourth-order valence-electron chi connectivity index (χ4n) is 1.27. The maximum absolute atomic E-state index is 11.7. The molecule has 0 atom stereocenters. The second kappa shape index (κ2) is 5.71. The monoisotopic (exact) mass is 292 g/mol. The largest absolute Gasteiger partial charge is 0.273 e. The van der Waals surface area contributed by atoms with Gasteiger partial charge in [-0.05, 0) is 25.8 Å². The van der Waals surface area contributed by atoms with Crippen LogP contribution >= 0.6 is 22.9 Å². The fourth-order valence-corrected chi connectivity index (χ4v) is 3.98. The van der Waals surface area contributed by atoms with Crippen molar-refractivity contribution in [1.82, 2.24) is 0 Å². The number of nitrogens with zero attached hydrogens (tertiary/aromatic N) is 1. The normalized spacial score (nSPS) is 11.2. The van der Waals surface area contributed by atoms with E-state index in [1.54, 1.807) is 6.92 Å². The Balaban J connectivity index is 2.97. The Labute approximate surface area is 110 Å². The average molecular weight is 293 g/mol. The molecule has 0 aliphatic carbocycles. The van der Waals surface area contributed by atoms with E-state index in [0.717, 1.165) is 10.4 Å². The molecule has 94 valence electrons. The summed E-state index contributed by atoms with van der Waals surface area (Å²) >= 11 is 6.74. The van der Waals surface area contributed by atoms with Crippen molar-refractivity contribution in [3.8, 4) is 6.07 Å². The summed E-state index contributed by atoms with van der Waals surface area (Å²) in [6, 6.07) is 2.02. The van der Waals surface area contributed by atoms with Crippen LogP contribution < -0.4 is 4.72 Å². The van der Waals surface area contributed by atoms with Crippen molar-refractivity contribution in [2.75, 3.05) is 16.4 Å². The summed E-state index contributed by atoms with van der Waals surface area (Å²) in [6.07, 6.45) is 0.391. The van der Waals surface area contributed by atoms with Gasteiger partial charge >= 0.3 is 0 Å². The first kappa shape index (κ1) is 14.3. The van der Waals surface area contributed by atoms with Gasteiger partial charge in [0, 0.05) is 10.8 Å². The van der Waals surface area contributed by atoms with Crippen molar-refractivity contribution in [3.63, 3.8) is 0 Å². The van der Waals surface area contributed by atoms with Gasteiger partial charge in [-0.3, -0.25) is 4.72 Å². The number of rotatable bonds is 5. The second-order valence-corrected chi connectivity index (χ2v) is 7.01. The number of hydrogen-bond donors (Lipinski definition) is 1. The molecule has 1 aromatic rings. The van der Waals surface area contributed by atoms with Crippen LogP contribution in [-0.2, 0) is 10.0 Å². The number of sulfonamides is 1. The SMILES string of the molecule is Cc1sc(NS(=O)(=O)CCCCl)c(C#N)c1C. The molecule has 7 heteroatoms. The van der Waals surface area contributed by atoms with E-state index >= 15 is 0 Å². The van der Waals surface area contributed by atoms with Crippen LogP contribution in [0.5, 0.6) is 0 Å². The van der Waals surface area contributed by atoms with Crippen LogP contribution in [0.3, 0.4) is 0 Å². The van der Waals surface area contributed by atoms with E-state index in [4.69, 9.17) is 16.9 Å². The topological polar surface area (TPSA) is 70.0 Å². The van der Waals surface area contributed by atoms with Gasteiger partial charge in [-0.2, -0.15) is 5.26 Å². The third kappa shape index (κ3) is 3.60. The highest BCUT2D eigenvalue weighted by atomic mass is 35.5. The van der Waals surface area contributed by atoms with Gasteiger partial charge in [0.2, 0.25) is 10.0 Å². The lowest BCUT2D eigenvalue weighted by molar-refractivity contribution is 0.600. The van der Waals surface area contributed by atoms with Crippen molar-refractivity contribution < 1.29 is 8.42 Å². The average Bonchev–Trinajstić information content (AvgIpc) is 2.51. The summed E-state index contributed by atoms with van der Waals surface area (Å²) < 4.78 is 25.8. The number of halogens is 1. The number of alkyl halides is 1. The first-order valence-electron chi connectivity index (χ1n) is 4.98. The first-order valence-corrected chi connectivity index (χ1v) is 7.98. The highest BCUT2D eigenvalue weighted by molar-refractivity contribution is 7.92. The summed E-state index contributed by atoms with van der Waals surface area (Å²) in [5, 5.41) is 9.39. The van der Waals surface area contributed by atoms with Crippen molar-refractivity contribution in [2.45, 2.75) is 20.3 Å². The lowest BCUT2D eigenvalue weighted by Crippen LogP contribution is -2.16. The molecule has 0 saturated heterocycles. The van der Waals surface area contributed by atoms with Crippen LogP contribution in [0, 0.1) is 25.2 Å². The van der Waals surface area contributed by atoms with E-state index in [0.29, 0.717) is 22.9 Å². The molecule has 0 aliphatic rings. The van der Waals surface area contributed by atoms with E-state index in [2.05, 4.69) is 4.72 Å². The van der Waals surface area contributed by atoms with Crippen LogP contribution in [0.25, 0.3) is 0 Å². The maximum atomic E-state index is 11.7. The lowest BCUT2D eigenvalue weighted by Gasteiger charge is -2.05. The zero-order valence-electron chi connectivity index (χ0n) is 9.58. The summed E-state index contributed by atoms with van der Waals surface area (Å²) in [6.45, 7) is 3.67. The molecule has 0 spiro atoms. The Morgan fingerprint density at radius 2 is 2.12 bits per heavy atom. The van der Waals surface area contributed by atoms with E-state index in [1.165, 1.54) is 11.3 Å². The summed E-state index contributed by atoms with van der Waals surface area (Å²) in [4.78, 5) is 0.941. The molecule has 0 aromatic carbocycles. The van der Waals surface area contributed by atoms with Gasteiger partial charge in [-0.25, -0.2) is 8.42 Å². The van der Waals surface area contributed by atoms with Crippen LogP contribution in [0.4, 0.5) is 5.00 Å². The third-order valence-corrected chi connectivity index (χ3v) is 5.15. The molecule has 0 bridgehead atoms. The van der Waals surface area contributed by atoms with Gasteiger partial charge in [0.25, 0.3) is 0 Å². The molecule has 4 nitrogen and oxygen atoms in total. The molecule has 0 saturated carbocycles. The molecule has 1 aromatic heterocycles. The van der Waals surface area contributed by atoms with Crippen molar-refractivity contribution in [1.29, 1.82) is 5.26 Å². The number of nitrogens with one attached hydrogen (secondary N) is 1. The van der Waals surface area contributed by atoms with Crippen LogP contribution in [-0.4, -0.2) is 20.1 Å². The maximum Gasteiger partial charge on any atom is 0.233 e. The van der Waals surface area contributed by atoms with Crippen molar-refractivity contribution in [2.24, 2.45) is 0 Å². The quantitative estimate of drug-likeness (QED) is 0.848. The number of aryl methyl sites for hydroxylation is 1. The fraction of sp³-hybridized carbons (Fsp3) is 0.500. The van der Waals surface area contributed by atoms with E-state index < -0.39 is 10.0 Å². The summed E-state index contributed by atoms with van der Waals surface area (Å²) in [5.74, 6) is 0.270. The summed E-state index contributed by atoms with van der Waals surface area (Å²) in [7, 11) is -3.41. The van der Waals surface area contributed by atoms with Gasteiger partial charge in [-0.1, -0.05) is 0 Å².